The van der Waals surface area contributed by atoms with Gasteiger partial charge in [0, 0.05) is 12.2 Å². The van der Waals surface area contributed by atoms with E-state index in [-0.39, 0.29) is 6.54 Å². The molecule has 126 valence electrons. The van der Waals surface area contributed by atoms with E-state index in [9.17, 15) is 9.59 Å². The molecule has 0 aliphatic carbocycles. The third kappa shape index (κ3) is 4.49. The van der Waals surface area contributed by atoms with E-state index in [2.05, 4.69) is 10.6 Å². The van der Waals surface area contributed by atoms with E-state index < -0.39 is 11.8 Å². The first kappa shape index (κ1) is 17.3. The summed E-state index contributed by atoms with van der Waals surface area (Å²) in [5.41, 5.74) is 2.38. The SMILES string of the molecule is COc1ccc(CNC(=O)C(=O)Nc2cccc(C)c2)cc1OC. The number of carbonyl (C=O) groups excluding carboxylic acids is 2. The molecule has 2 aromatic rings. The van der Waals surface area contributed by atoms with Gasteiger partial charge >= 0.3 is 11.8 Å². The maximum atomic E-state index is 11.9. The van der Waals surface area contributed by atoms with Crippen molar-refractivity contribution in [2.24, 2.45) is 0 Å². The lowest BCUT2D eigenvalue weighted by atomic mass is 10.2. The predicted octanol–water partition coefficient (Wildman–Crippen LogP) is 2.27. The van der Waals surface area contributed by atoms with Crippen molar-refractivity contribution in [3.63, 3.8) is 0 Å². The Balaban J connectivity index is 1.94. The lowest BCUT2D eigenvalue weighted by Gasteiger charge is -2.10. The van der Waals surface area contributed by atoms with Gasteiger partial charge in [-0.2, -0.15) is 0 Å². The van der Waals surface area contributed by atoms with Crippen molar-refractivity contribution < 1.29 is 19.1 Å². The Morgan fingerprint density at radius 2 is 1.71 bits per heavy atom. The highest BCUT2D eigenvalue weighted by Gasteiger charge is 2.14. The highest BCUT2D eigenvalue weighted by atomic mass is 16.5. The minimum Gasteiger partial charge on any atom is -0.493 e. The van der Waals surface area contributed by atoms with Crippen LogP contribution < -0.4 is 20.1 Å². The van der Waals surface area contributed by atoms with Gasteiger partial charge in [0.25, 0.3) is 0 Å². The molecule has 0 saturated heterocycles. The Hall–Kier alpha value is -3.02. The van der Waals surface area contributed by atoms with Crippen LogP contribution in [0.25, 0.3) is 0 Å². The molecule has 0 atom stereocenters. The quantitative estimate of drug-likeness (QED) is 0.826. The molecule has 0 aliphatic heterocycles. The van der Waals surface area contributed by atoms with E-state index in [4.69, 9.17) is 9.47 Å². The van der Waals surface area contributed by atoms with E-state index in [1.54, 1.807) is 37.4 Å². The van der Waals surface area contributed by atoms with Crippen LogP contribution in [0.5, 0.6) is 11.5 Å². The zero-order valence-corrected chi connectivity index (χ0v) is 13.9. The zero-order chi connectivity index (χ0) is 17.5. The van der Waals surface area contributed by atoms with Gasteiger partial charge in [-0.3, -0.25) is 9.59 Å². The summed E-state index contributed by atoms with van der Waals surface area (Å²) < 4.78 is 10.4. The summed E-state index contributed by atoms with van der Waals surface area (Å²) in [4.78, 5) is 23.8. The lowest BCUT2D eigenvalue weighted by molar-refractivity contribution is -0.136. The van der Waals surface area contributed by atoms with Crippen molar-refractivity contribution in [3.05, 3.63) is 53.6 Å². The first-order valence-corrected chi connectivity index (χ1v) is 7.40. The van der Waals surface area contributed by atoms with Crippen molar-refractivity contribution in [3.8, 4) is 11.5 Å². The largest absolute Gasteiger partial charge is 0.493 e. The lowest BCUT2D eigenvalue weighted by Crippen LogP contribution is -2.34. The summed E-state index contributed by atoms with van der Waals surface area (Å²) in [6.07, 6.45) is 0. The Morgan fingerprint density at radius 3 is 2.38 bits per heavy atom. The molecule has 2 aromatic carbocycles. The fourth-order valence-electron chi connectivity index (χ4n) is 2.16. The number of aryl methyl sites for hydroxylation is 1. The third-order valence-electron chi connectivity index (χ3n) is 3.38. The topological polar surface area (TPSA) is 76.7 Å². The molecule has 0 fully saturated rings. The zero-order valence-electron chi connectivity index (χ0n) is 13.9. The number of methoxy groups -OCH3 is 2. The smallest absolute Gasteiger partial charge is 0.313 e. The van der Waals surface area contributed by atoms with E-state index >= 15 is 0 Å². The maximum Gasteiger partial charge on any atom is 0.313 e. The van der Waals surface area contributed by atoms with Gasteiger partial charge in [0.2, 0.25) is 0 Å². The molecular formula is C18H20N2O4. The molecule has 6 nitrogen and oxygen atoms in total. The average molecular weight is 328 g/mol. The number of amides is 2. The van der Waals surface area contributed by atoms with E-state index in [0.29, 0.717) is 17.2 Å². The Bertz CT molecular complexity index is 744. The second-order valence-electron chi connectivity index (χ2n) is 5.20. The molecule has 2 N–H and O–H groups in total. The number of anilines is 1. The van der Waals surface area contributed by atoms with Crippen LogP contribution in [-0.2, 0) is 16.1 Å². The summed E-state index contributed by atoms with van der Waals surface area (Å²) in [7, 11) is 3.09. The molecule has 0 bridgehead atoms. The molecule has 0 aliphatic rings. The molecule has 0 saturated carbocycles. The van der Waals surface area contributed by atoms with Crippen LogP contribution in [0.2, 0.25) is 0 Å². The first-order valence-electron chi connectivity index (χ1n) is 7.40. The number of carbonyl (C=O) groups is 2. The maximum absolute atomic E-state index is 11.9. The van der Waals surface area contributed by atoms with Gasteiger partial charge in [0.05, 0.1) is 14.2 Å². The molecule has 0 aromatic heterocycles. The Labute approximate surface area is 140 Å². The van der Waals surface area contributed by atoms with Gasteiger partial charge in [-0.05, 0) is 42.3 Å². The second-order valence-corrected chi connectivity index (χ2v) is 5.20. The number of benzene rings is 2. The van der Waals surface area contributed by atoms with Crippen LogP contribution in [-0.4, -0.2) is 26.0 Å². The van der Waals surface area contributed by atoms with E-state index in [0.717, 1.165) is 11.1 Å². The molecular weight excluding hydrogens is 308 g/mol. The minimum absolute atomic E-state index is 0.209. The first-order chi connectivity index (χ1) is 11.5. The normalized spacial score (nSPS) is 9.96. The van der Waals surface area contributed by atoms with Gasteiger partial charge in [-0.15, -0.1) is 0 Å². The molecule has 0 radical (unpaired) electrons. The van der Waals surface area contributed by atoms with E-state index in [1.807, 2.05) is 19.1 Å². The van der Waals surface area contributed by atoms with Crippen LogP contribution in [0.1, 0.15) is 11.1 Å². The number of hydrogen-bond donors (Lipinski definition) is 2. The van der Waals surface area contributed by atoms with Gasteiger partial charge < -0.3 is 20.1 Å². The van der Waals surface area contributed by atoms with Crippen LogP contribution in [0.4, 0.5) is 5.69 Å². The van der Waals surface area contributed by atoms with Crippen molar-refractivity contribution in [1.29, 1.82) is 0 Å². The minimum atomic E-state index is -0.707. The van der Waals surface area contributed by atoms with Gasteiger partial charge in [0.1, 0.15) is 0 Å². The second kappa shape index (κ2) is 8.01. The molecule has 2 rings (SSSR count). The summed E-state index contributed by atoms with van der Waals surface area (Å²) >= 11 is 0. The van der Waals surface area contributed by atoms with Gasteiger partial charge in [0.15, 0.2) is 11.5 Å². The number of nitrogens with one attached hydrogen (secondary N) is 2. The number of rotatable bonds is 5. The summed E-state index contributed by atoms with van der Waals surface area (Å²) in [6.45, 7) is 2.12. The van der Waals surface area contributed by atoms with Crippen molar-refractivity contribution in [2.45, 2.75) is 13.5 Å². The van der Waals surface area contributed by atoms with Gasteiger partial charge in [-0.25, -0.2) is 0 Å². The van der Waals surface area contributed by atoms with Crippen molar-refractivity contribution in [2.75, 3.05) is 19.5 Å². The van der Waals surface area contributed by atoms with Crippen molar-refractivity contribution >= 4 is 17.5 Å². The summed E-state index contributed by atoms with van der Waals surface area (Å²) in [6, 6.07) is 12.5. The summed E-state index contributed by atoms with van der Waals surface area (Å²) in [5.74, 6) is -0.245. The standard InChI is InChI=1S/C18H20N2O4/c1-12-5-4-6-14(9-12)20-18(22)17(21)19-11-13-7-8-15(23-2)16(10-13)24-3/h4-10H,11H2,1-3H3,(H,19,21)(H,20,22). The molecule has 0 heterocycles. The molecule has 0 unspecified atom stereocenters. The Morgan fingerprint density at radius 1 is 0.958 bits per heavy atom. The molecule has 24 heavy (non-hydrogen) atoms. The monoisotopic (exact) mass is 328 g/mol. The van der Waals surface area contributed by atoms with Crippen LogP contribution >= 0.6 is 0 Å². The predicted molar refractivity (Wildman–Crippen MR) is 91.2 cm³/mol. The van der Waals surface area contributed by atoms with Crippen LogP contribution in [0.15, 0.2) is 42.5 Å². The number of ether oxygens (including phenoxy) is 2. The van der Waals surface area contributed by atoms with Gasteiger partial charge in [-0.1, -0.05) is 18.2 Å². The molecule has 0 spiro atoms. The highest BCUT2D eigenvalue weighted by Crippen LogP contribution is 2.27. The van der Waals surface area contributed by atoms with E-state index in [1.165, 1.54) is 7.11 Å². The molecule has 2 amide bonds. The Kier molecular flexibility index (Phi) is 5.78. The van der Waals surface area contributed by atoms with Crippen LogP contribution in [0, 0.1) is 6.92 Å². The van der Waals surface area contributed by atoms with Crippen molar-refractivity contribution in [1.82, 2.24) is 5.32 Å². The van der Waals surface area contributed by atoms with Crippen LogP contribution in [0.3, 0.4) is 0 Å². The summed E-state index contributed by atoms with van der Waals surface area (Å²) in [5, 5.41) is 5.14. The fraction of sp³-hybridized carbons (Fsp3) is 0.222. The molecule has 6 heteroatoms. The fourth-order valence-corrected chi connectivity index (χ4v) is 2.16. The average Bonchev–Trinajstić information content (AvgIpc) is 2.59. The number of hydrogen-bond acceptors (Lipinski definition) is 4. The third-order valence-corrected chi connectivity index (χ3v) is 3.38. The highest BCUT2D eigenvalue weighted by molar-refractivity contribution is 6.39.